The Labute approximate surface area is 115 Å². The van der Waals surface area contributed by atoms with E-state index in [2.05, 4.69) is 43.3 Å². The molecule has 2 aromatic carbocycles. The van der Waals surface area contributed by atoms with E-state index in [0.29, 0.717) is 13.2 Å². The van der Waals surface area contributed by atoms with Crippen molar-refractivity contribution in [2.45, 2.75) is 26.0 Å². The fourth-order valence-corrected chi connectivity index (χ4v) is 2.10. The lowest BCUT2D eigenvalue weighted by Gasteiger charge is -2.12. The van der Waals surface area contributed by atoms with E-state index in [1.54, 1.807) is 0 Å². The number of rotatable bonds is 6. The Morgan fingerprint density at radius 2 is 1.74 bits per heavy atom. The number of benzene rings is 2. The van der Waals surface area contributed by atoms with E-state index >= 15 is 0 Å². The van der Waals surface area contributed by atoms with Gasteiger partial charge in [-0.3, -0.25) is 0 Å². The summed E-state index contributed by atoms with van der Waals surface area (Å²) >= 11 is 0. The number of aryl methyl sites for hydroxylation is 1. The predicted octanol–water partition coefficient (Wildman–Crippen LogP) is 3.08. The van der Waals surface area contributed by atoms with Gasteiger partial charge in [-0.15, -0.1) is 0 Å². The largest absolute Gasteiger partial charge is 0.375 e. The topological polar surface area (TPSA) is 35.2 Å². The first-order valence-corrected chi connectivity index (χ1v) is 6.67. The summed E-state index contributed by atoms with van der Waals surface area (Å²) in [6.07, 6.45) is 0.858. The van der Waals surface area contributed by atoms with Gasteiger partial charge in [0.15, 0.2) is 0 Å². The van der Waals surface area contributed by atoms with Gasteiger partial charge in [0, 0.05) is 6.04 Å². The van der Waals surface area contributed by atoms with Crippen LogP contribution in [0.5, 0.6) is 0 Å². The molecule has 0 saturated heterocycles. The third-order valence-electron chi connectivity index (χ3n) is 3.02. The normalized spacial score (nSPS) is 12.3. The van der Waals surface area contributed by atoms with Crippen LogP contribution in [-0.2, 0) is 17.8 Å². The van der Waals surface area contributed by atoms with E-state index in [0.717, 1.165) is 6.42 Å². The van der Waals surface area contributed by atoms with Gasteiger partial charge in [-0.25, -0.2) is 0 Å². The zero-order valence-corrected chi connectivity index (χ0v) is 11.4. The zero-order valence-electron chi connectivity index (χ0n) is 11.4. The van der Waals surface area contributed by atoms with Gasteiger partial charge in [0.25, 0.3) is 0 Å². The van der Waals surface area contributed by atoms with Crippen LogP contribution >= 0.6 is 0 Å². The van der Waals surface area contributed by atoms with Gasteiger partial charge in [-0.05, 0) is 24.5 Å². The minimum atomic E-state index is 0.0468. The molecule has 19 heavy (non-hydrogen) atoms. The third kappa shape index (κ3) is 4.86. The Balaban J connectivity index is 1.74. The highest BCUT2D eigenvalue weighted by molar-refractivity contribution is 5.22. The smallest absolute Gasteiger partial charge is 0.0717 e. The summed E-state index contributed by atoms with van der Waals surface area (Å²) in [7, 11) is 0. The average molecular weight is 255 g/mol. The molecule has 2 aromatic rings. The van der Waals surface area contributed by atoms with Crippen LogP contribution in [0, 0.1) is 6.92 Å². The molecule has 0 aliphatic heterocycles. The maximum atomic E-state index is 6.09. The minimum Gasteiger partial charge on any atom is -0.375 e. The molecule has 2 nitrogen and oxygen atoms in total. The molecule has 1 unspecified atom stereocenters. The molecule has 2 heteroatoms. The highest BCUT2D eigenvalue weighted by Gasteiger charge is 2.04. The van der Waals surface area contributed by atoms with Crippen molar-refractivity contribution in [3.63, 3.8) is 0 Å². The van der Waals surface area contributed by atoms with E-state index in [4.69, 9.17) is 10.5 Å². The number of hydrogen-bond acceptors (Lipinski definition) is 2. The van der Waals surface area contributed by atoms with Gasteiger partial charge < -0.3 is 10.5 Å². The first-order chi connectivity index (χ1) is 9.24. The van der Waals surface area contributed by atoms with Gasteiger partial charge in [0.2, 0.25) is 0 Å². The van der Waals surface area contributed by atoms with Crippen molar-refractivity contribution in [3.05, 3.63) is 71.3 Å². The molecule has 0 heterocycles. The Hall–Kier alpha value is -1.64. The van der Waals surface area contributed by atoms with Crippen LogP contribution in [0.3, 0.4) is 0 Å². The summed E-state index contributed by atoms with van der Waals surface area (Å²) in [5.74, 6) is 0. The van der Waals surface area contributed by atoms with Crippen LogP contribution in [0.1, 0.15) is 16.7 Å². The third-order valence-corrected chi connectivity index (χ3v) is 3.02. The first kappa shape index (κ1) is 13.8. The second-order valence-electron chi connectivity index (χ2n) is 4.95. The number of nitrogens with two attached hydrogens (primary N) is 1. The highest BCUT2D eigenvalue weighted by atomic mass is 16.5. The van der Waals surface area contributed by atoms with E-state index in [1.165, 1.54) is 16.7 Å². The molecule has 100 valence electrons. The van der Waals surface area contributed by atoms with Crippen molar-refractivity contribution in [1.29, 1.82) is 0 Å². The van der Waals surface area contributed by atoms with Crippen molar-refractivity contribution in [2.75, 3.05) is 6.61 Å². The molecule has 0 aliphatic rings. The lowest BCUT2D eigenvalue weighted by atomic mass is 10.1. The summed E-state index contributed by atoms with van der Waals surface area (Å²) in [4.78, 5) is 0. The summed E-state index contributed by atoms with van der Waals surface area (Å²) in [5.41, 5.74) is 9.83. The number of ether oxygens (including phenoxy) is 1. The van der Waals surface area contributed by atoms with Crippen LogP contribution < -0.4 is 5.73 Å². The van der Waals surface area contributed by atoms with Crippen LogP contribution in [0.15, 0.2) is 54.6 Å². The van der Waals surface area contributed by atoms with Gasteiger partial charge in [-0.2, -0.15) is 0 Å². The van der Waals surface area contributed by atoms with Crippen molar-refractivity contribution in [3.8, 4) is 0 Å². The van der Waals surface area contributed by atoms with Crippen molar-refractivity contribution in [2.24, 2.45) is 5.73 Å². The van der Waals surface area contributed by atoms with Crippen LogP contribution in [-0.4, -0.2) is 12.6 Å². The Bertz CT molecular complexity index is 496. The molecule has 1 atom stereocenters. The van der Waals surface area contributed by atoms with Crippen LogP contribution in [0.4, 0.5) is 0 Å². The quantitative estimate of drug-likeness (QED) is 0.861. The maximum Gasteiger partial charge on any atom is 0.0717 e. The van der Waals surface area contributed by atoms with Crippen LogP contribution in [0.25, 0.3) is 0 Å². The highest BCUT2D eigenvalue weighted by Crippen LogP contribution is 2.07. The molecule has 0 aliphatic carbocycles. The molecule has 0 amide bonds. The Kier molecular flexibility index (Phi) is 5.13. The van der Waals surface area contributed by atoms with E-state index in [9.17, 15) is 0 Å². The molecule has 2 rings (SSSR count). The average Bonchev–Trinajstić information content (AvgIpc) is 2.40. The van der Waals surface area contributed by atoms with Crippen molar-refractivity contribution in [1.82, 2.24) is 0 Å². The monoisotopic (exact) mass is 255 g/mol. The molecule has 0 saturated carbocycles. The Morgan fingerprint density at radius 1 is 1.00 bits per heavy atom. The van der Waals surface area contributed by atoms with Gasteiger partial charge in [0.1, 0.15) is 0 Å². The lowest BCUT2D eigenvalue weighted by Crippen LogP contribution is -2.28. The molecule has 0 bridgehead atoms. The SMILES string of the molecule is Cc1cccc(CC(N)COCc2ccccc2)c1. The van der Waals surface area contributed by atoms with E-state index in [-0.39, 0.29) is 6.04 Å². The summed E-state index contributed by atoms with van der Waals surface area (Å²) in [6, 6.07) is 18.7. The fraction of sp³-hybridized carbons (Fsp3) is 0.294. The van der Waals surface area contributed by atoms with Crippen molar-refractivity contribution >= 4 is 0 Å². The maximum absolute atomic E-state index is 6.09. The molecule has 0 radical (unpaired) electrons. The Morgan fingerprint density at radius 3 is 2.47 bits per heavy atom. The second-order valence-corrected chi connectivity index (χ2v) is 4.95. The standard InChI is InChI=1S/C17H21NO/c1-14-6-5-9-16(10-14)11-17(18)13-19-12-15-7-3-2-4-8-15/h2-10,17H,11-13,18H2,1H3. The van der Waals surface area contributed by atoms with E-state index < -0.39 is 0 Å². The van der Waals surface area contributed by atoms with Gasteiger partial charge in [0.05, 0.1) is 13.2 Å². The first-order valence-electron chi connectivity index (χ1n) is 6.67. The van der Waals surface area contributed by atoms with Gasteiger partial charge in [-0.1, -0.05) is 60.2 Å². The van der Waals surface area contributed by atoms with Crippen LogP contribution in [0.2, 0.25) is 0 Å². The summed E-state index contributed by atoms with van der Waals surface area (Å²) in [6.45, 7) is 3.31. The molecule has 0 fully saturated rings. The minimum absolute atomic E-state index is 0.0468. The second kappa shape index (κ2) is 7.07. The summed E-state index contributed by atoms with van der Waals surface area (Å²) in [5, 5.41) is 0. The van der Waals surface area contributed by atoms with Gasteiger partial charge >= 0.3 is 0 Å². The fourth-order valence-electron chi connectivity index (χ4n) is 2.10. The van der Waals surface area contributed by atoms with E-state index in [1.807, 2.05) is 18.2 Å². The lowest BCUT2D eigenvalue weighted by molar-refractivity contribution is 0.108. The molecular weight excluding hydrogens is 234 g/mol. The molecule has 0 spiro atoms. The summed E-state index contributed by atoms with van der Waals surface area (Å²) < 4.78 is 5.66. The zero-order chi connectivity index (χ0) is 13.5. The molecular formula is C17H21NO. The number of hydrogen-bond donors (Lipinski definition) is 1. The molecule has 2 N–H and O–H groups in total. The molecule has 0 aromatic heterocycles. The van der Waals surface area contributed by atoms with Crippen molar-refractivity contribution < 1.29 is 4.74 Å². The predicted molar refractivity (Wildman–Crippen MR) is 79.0 cm³/mol.